The largest absolute Gasteiger partial charge is 0.369 e. The number of fused-ring (bicyclic) bond motifs is 1. The molecule has 0 bridgehead atoms. The number of likely N-dealkylation sites (N-methyl/N-ethyl adjacent to an activating group) is 1. The molecule has 0 spiro atoms. The number of para-hydroxylation sites is 1. The molecule has 1 amide bonds. The molecule has 0 unspecified atom stereocenters. The van der Waals surface area contributed by atoms with Crippen molar-refractivity contribution in [1.29, 1.82) is 0 Å². The zero-order valence-corrected chi connectivity index (χ0v) is 20.9. The van der Waals surface area contributed by atoms with Crippen LogP contribution in [-0.4, -0.2) is 54.0 Å². The summed E-state index contributed by atoms with van der Waals surface area (Å²) in [6, 6.07) is 21.7. The lowest BCUT2D eigenvalue weighted by molar-refractivity contribution is -0.112. The average molecular weight is 497 g/mol. The molecule has 8 heteroatoms. The van der Waals surface area contributed by atoms with E-state index in [9.17, 15) is 9.18 Å². The number of carbonyl (C=O) groups is 1. The summed E-state index contributed by atoms with van der Waals surface area (Å²) in [5.74, 6) is -0.559. The van der Waals surface area contributed by atoms with Crippen molar-refractivity contribution in [3.05, 3.63) is 84.8 Å². The molecule has 7 nitrogen and oxygen atoms in total. The molecule has 5 rings (SSSR count). The minimum Gasteiger partial charge on any atom is -0.369 e. The zero-order chi connectivity index (χ0) is 25.8. The number of carbonyl (C=O) groups excluding carboxylic acids is 1. The van der Waals surface area contributed by atoms with Crippen molar-refractivity contribution in [1.82, 2.24) is 14.9 Å². The molecule has 1 aliphatic heterocycles. The van der Waals surface area contributed by atoms with Gasteiger partial charge in [0.2, 0.25) is 5.95 Å². The van der Waals surface area contributed by atoms with E-state index in [4.69, 9.17) is 4.98 Å². The summed E-state index contributed by atoms with van der Waals surface area (Å²) in [7, 11) is 2.15. The van der Waals surface area contributed by atoms with E-state index in [2.05, 4.69) is 44.6 Å². The minimum absolute atomic E-state index is 0.500. The number of anilines is 4. The number of aromatic nitrogens is 2. The predicted octanol–water partition coefficient (Wildman–Crippen LogP) is 5.60. The van der Waals surface area contributed by atoms with Gasteiger partial charge in [-0.05, 0) is 55.9 Å². The Kier molecular flexibility index (Phi) is 7.09. The van der Waals surface area contributed by atoms with Gasteiger partial charge in [0.1, 0.15) is 5.83 Å². The molecule has 37 heavy (non-hydrogen) atoms. The van der Waals surface area contributed by atoms with Crippen LogP contribution in [0.25, 0.3) is 22.0 Å². The molecular formula is C29H29FN6O. The highest BCUT2D eigenvalue weighted by Crippen LogP contribution is 2.30. The first-order chi connectivity index (χ1) is 17.9. The van der Waals surface area contributed by atoms with E-state index in [1.807, 2.05) is 48.5 Å². The fraction of sp³-hybridized carbons (Fsp3) is 0.207. The minimum atomic E-state index is -0.548. The normalized spacial score (nSPS) is 14.6. The summed E-state index contributed by atoms with van der Waals surface area (Å²) in [5.41, 5.74) is 5.27. The third kappa shape index (κ3) is 5.92. The number of hydrogen-bond acceptors (Lipinski definition) is 6. The maximum absolute atomic E-state index is 13.1. The van der Waals surface area contributed by atoms with E-state index in [0.717, 1.165) is 60.0 Å². The fourth-order valence-electron chi connectivity index (χ4n) is 4.42. The second kappa shape index (κ2) is 10.8. The number of amides is 1. The van der Waals surface area contributed by atoms with Gasteiger partial charge in [-0.15, -0.1) is 0 Å². The van der Waals surface area contributed by atoms with Gasteiger partial charge in [0, 0.05) is 66.5 Å². The Morgan fingerprint density at radius 3 is 2.49 bits per heavy atom. The van der Waals surface area contributed by atoms with Gasteiger partial charge in [0.05, 0.1) is 5.52 Å². The van der Waals surface area contributed by atoms with Gasteiger partial charge in [-0.2, -0.15) is 0 Å². The van der Waals surface area contributed by atoms with Gasteiger partial charge in [-0.1, -0.05) is 30.3 Å². The predicted molar refractivity (Wildman–Crippen MR) is 148 cm³/mol. The first-order valence-corrected chi connectivity index (χ1v) is 12.3. The smallest absolute Gasteiger partial charge is 0.250 e. The third-order valence-electron chi connectivity index (χ3n) is 6.37. The van der Waals surface area contributed by atoms with Crippen molar-refractivity contribution in [3.63, 3.8) is 0 Å². The molecule has 1 saturated heterocycles. The molecule has 0 radical (unpaired) electrons. The van der Waals surface area contributed by atoms with E-state index in [1.54, 1.807) is 12.3 Å². The lowest BCUT2D eigenvalue weighted by Crippen LogP contribution is -2.44. The van der Waals surface area contributed by atoms with Crippen LogP contribution in [-0.2, 0) is 4.79 Å². The van der Waals surface area contributed by atoms with Gasteiger partial charge in [0.25, 0.3) is 5.91 Å². The van der Waals surface area contributed by atoms with Gasteiger partial charge in [-0.25, -0.2) is 14.4 Å². The maximum atomic E-state index is 13.1. The third-order valence-corrected chi connectivity index (χ3v) is 6.37. The summed E-state index contributed by atoms with van der Waals surface area (Å²) < 4.78 is 13.1. The standard InChI is InChI=1S/C29H29FN6O/c1-20(30)17-27(37)32-24-7-3-5-21(18-24)26-8-4-6-22-19-31-29(34-28(22)26)33-23-9-11-25(12-10-23)36-15-13-35(2)14-16-36/h3-12,17-19H,13-16H2,1-2H3,(H,32,37)(H,31,33,34)/b20-17-. The Bertz CT molecular complexity index is 1440. The van der Waals surface area contributed by atoms with E-state index >= 15 is 0 Å². The highest BCUT2D eigenvalue weighted by Gasteiger charge is 2.14. The lowest BCUT2D eigenvalue weighted by Gasteiger charge is -2.34. The van der Waals surface area contributed by atoms with Crippen LogP contribution >= 0.6 is 0 Å². The van der Waals surface area contributed by atoms with Gasteiger partial charge in [0.15, 0.2) is 0 Å². The summed E-state index contributed by atoms with van der Waals surface area (Å²) in [5, 5.41) is 6.92. The van der Waals surface area contributed by atoms with Gasteiger partial charge >= 0.3 is 0 Å². The average Bonchev–Trinajstić information content (AvgIpc) is 2.89. The van der Waals surface area contributed by atoms with Crippen molar-refractivity contribution in [2.24, 2.45) is 0 Å². The number of nitrogens with one attached hydrogen (secondary N) is 2. The van der Waals surface area contributed by atoms with Crippen molar-refractivity contribution < 1.29 is 9.18 Å². The van der Waals surface area contributed by atoms with E-state index in [0.29, 0.717) is 11.6 Å². The Hall–Kier alpha value is -4.30. The fourth-order valence-corrected chi connectivity index (χ4v) is 4.42. The molecule has 0 atom stereocenters. The van der Waals surface area contributed by atoms with Crippen LogP contribution in [0.1, 0.15) is 6.92 Å². The number of piperazine rings is 1. The zero-order valence-electron chi connectivity index (χ0n) is 20.9. The summed E-state index contributed by atoms with van der Waals surface area (Å²) >= 11 is 0. The van der Waals surface area contributed by atoms with Crippen LogP contribution in [0.4, 0.5) is 27.4 Å². The molecule has 2 N–H and O–H groups in total. The second-order valence-electron chi connectivity index (χ2n) is 9.20. The number of nitrogens with zero attached hydrogens (tertiary/aromatic N) is 4. The molecule has 0 aliphatic carbocycles. The quantitative estimate of drug-likeness (QED) is 0.339. The van der Waals surface area contributed by atoms with Crippen LogP contribution in [0.3, 0.4) is 0 Å². The summed E-state index contributed by atoms with van der Waals surface area (Å²) in [6.07, 6.45) is 2.72. The lowest BCUT2D eigenvalue weighted by atomic mass is 10.0. The van der Waals surface area contributed by atoms with E-state index in [-0.39, 0.29) is 0 Å². The Labute approximate surface area is 215 Å². The summed E-state index contributed by atoms with van der Waals surface area (Å²) in [6.45, 7) is 5.42. The number of hydrogen-bond donors (Lipinski definition) is 2. The van der Waals surface area contributed by atoms with Crippen LogP contribution in [0.2, 0.25) is 0 Å². The first kappa shape index (κ1) is 24.4. The molecule has 188 valence electrons. The van der Waals surface area contributed by atoms with Crippen LogP contribution < -0.4 is 15.5 Å². The highest BCUT2D eigenvalue weighted by atomic mass is 19.1. The molecule has 3 aromatic carbocycles. The number of halogens is 1. The molecule has 1 fully saturated rings. The van der Waals surface area contributed by atoms with Gasteiger partial charge < -0.3 is 20.4 Å². The molecule has 2 heterocycles. The topological polar surface area (TPSA) is 73.4 Å². The Morgan fingerprint density at radius 1 is 0.973 bits per heavy atom. The molecule has 1 aromatic heterocycles. The van der Waals surface area contributed by atoms with Crippen LogP contribution in [0.15, 0.2) is 84.8 Å². The Morgan fingerprint density at radius 2 is 1.73 bits per heavy atom. The van der Waals surface area contributed by atoms with Crippen LogP contribution in [0.5, 0.6) is 0 Å². The molecule has 0 saturated carbocycles. The molecule has 1 aliphatic rings. The number of benzene rings is 3. The SMILES string of the molecule is C/C(F)=C/C(=O)Nc1cccc(-c2cccc3cnc(Nc4ccc(N5CCN(C)CC5)cc4)nc23)c1. The van der Waals surface area contributed by atoms with Crippen molar-refractivity contribution in [2.75, 3.05) is 48.8 Å². The second-order valence-corrected chi connectivity index (χ2v) is 9.20. The van der Waals surface area contributed by atoms with Crippen molar-refractivity contribution >= 4 is 39.8 Å². The molecular weight excluding hydrogens is 467 g/mol. The van der Waals surface area contributed by atoms with E-state index < -0.39 is 11.7 Å². The summed E-state index contributed by atoms with van der Waals surface area (Å²) in [4.78, 5) is 26.0. The van der Waals surface area contributed by atoms with Crippen molar-refractivity contribution in [2.45, 2.75) is 6.92 Å². The van der Waals surface area contributed by atoms with Crippen molar-refractivity contribution in [3.8, 4) is 11.1 Å². The number of allylic oxidation sites excluding steroid dienone is 1. The Balaban J connectivity index is 1.38. The van der Waals surface area contributed by atoms with Crippen LogP contribution in [0, 0.1) is 0 Å². The monoisotopic (exact) mass is 496 g/mol. The highest BCUT2D eigenvalue weighted by molar-refractivity contribution is 6.00. The first-order valence-electron chi connectivity index (χ1n) is 12.3. The van der Waals surface area contributed by atoms with E-state index in [1.165, 1.54) is 12.6 Å². The van der Waals surface area contributed by atoms with Gasteiger partial charge in [-0.3, -0.25) is 4.79 Å². The molecule has 4 aromatic rings. The number of rotatable bonds is 6. The maximum Gasteiger partial charge on any atom is 0.250 e.